The molecule has 1 aromatic rings. The van der Waals surface area contributed by atoms with Crippen LogP contribution >= 0.6 is 0 Å². The molecule has 0 unspecified atom stereocenters. The smallest absolute Gasteiger partial charge is 0.409 e. The Morgan fingerprint density at radius 2 is 1.71 bits per heavy atom. The number of rotatable bonds is 5. The van der Waals surface area contributed by atoms with Gasteiger partial charge in [0, 0.05) is 19.1 Å². The Balaban J connectivity index is 1.31. The molecule has 2 aliphatic rings. The van der Waals surface area contributed by atoms with E-state index in [1.807, 2.05) is 23.1 Å². The van der Waals surface area contributed by atoms with Gasteiger partial charge in [-0.2, -0.15) is 0 Å². The first-order valence-electron chi connectivity index (χ1n) is 9.52. The van der Waals surface area contributed by atoms with Crippen LogP contribution in [0.1, 0.15) is 44.1 Å². The molecule has 1 amide bonds. The maximum absolute atomic E-state index is 12.2. The number of benzene rings is 1. The predicted molar refractivity (Wildman–Crippen MR) is 96.1 cm³/mol. The van der Waals surface area contributed by atoms with Gasteiger partial charge in [0.05, 0.1) is 6.61 Å². The monoisotopic (exact) mass is 330 g/mol. The van der Waals surface area contributed by atoms with Gasteiger partial charge in [-0.3, -0.25) is 0 Å². The van der Waals surface area contributed by atoms with Gasteiger partial charge in [-0.25, -0.2) is 4.79 Å². The van der Waals surface area contributed by atoms with Crippen molar-refractivity contribution in [2.45, 2.75) is 51.0 Å². The summed E-state index contributed by atoms with van der Waals surface area (Å²) in [6.07, 6.45) is 7.97. The fourth-order valence-electron chi connectivity index (χ4n) is 3.87. The molecule has 1 aromatic carbocycles. The SMILES string of the molecule is O=C(OCCCc1ccccc1)N1CCC(N2CCCCC2)CC1. The van der Waals surface area contributed by atoms with E-state index in [1.54, 1.807) is 0 Å². The molecule has 2 saturated heterocycles. The Hall–Kier alpha value is -1.55. The van der Waals surface area contributed by atoms with Crippen LogP contribution in [0.2, 0.25) is 0 Å². The van der Waals surface area contributed by atoms with Crippen molar-refractivity contribution in [1.82, 2.24) is 9.80 Å². The summed E-state index contributed by atoms with van der Waals surface area (Å²) in [5.74, 6) is 0. The molecular formula is C20H30N2O2. The molecule has 2 fully saturated rings. The van der Waals surface area contributed by atoms with E-state index in [0.717, 1.165) is 38.8 Å². The van der Waals surface area contributed by atoms with E-state index in [0.29, 0.717) is 12.6 Å². The number of piperidine rings is 2. The topological polar surface area (TPSA) is 32.8 Å². The summed E-state index contributed by atoms with van der Waals surface area (Å²) in [5, 5.41) is 0. The predicted octanol–water partition coefficient (Wildman–Crippen LogP) is 3.71. The molecule has 0 atom stereocenters. The first-order valence-corrected chi connectivity index (χ1v) is 9.52. The molecule has 2 heterocycles. The Labute approximate surface area is 145 Å². The zero-order valence-corrected chi connectivity index (χ0v) is 14.7. The summed E-state index contributed by atoms with van der Waals surface area (Å²) in [6, 6.07) is 11.0. The maximum Gasteiger partial charge on any atom is 0.409 e. The molecule has 0 aliphatic carbocycles. The van der Waals surface area contributed by atoms with Gasteiger partial charge >= 0.3 is 6.09 Å². The van der Waals surface area contributed by atoms with Crippen LogP contribution in [0, 0.1) is 0 Å². The van der Waals surface area contributed by atoms with Crippen molar-refractivity contribution in [2.75, 3.05) is 32.8 Å². The molecule has 2 aliphatic heterocycles. The maximum atomic E-state index is 12.2. The van der Waals surface area contributed by atoms with Crippen molar-refractivity contribution < 1.29 is 9.53 Å². The standard InChI is InChI=1S/C20H30N2O2/c23-20(24-17-7-10-18-8-3-1-4-9-18)22-15-11-19(12-16-22)21-13-5-2-6-14-21/h1,3-4,8-9,19H,2,5-7,10-17H2. The lowest BCUT2D eigenvalue weighted by atomic mass is 10.0. The molecule has 3 rings (SSSR count). The van der Waals surface area contributed by atoms with E-state index < -0.39 is 0 Å². The summed E-state index contributed by atoms with van der Waals surface area (Å²) in [7, 11) is 0. The number of amides is 1. The van der Waals surface area contributed by atoms with E-state index >= 15 is 0 Å². The van der Waals surface area contributed by atoms with Crippen LogP contribution in [0.4, 0.5) is 4.79 Å². The van der Waals surface area contributed by atoms with Gasteiger partial charge in [-0.1, -0.05) is 36.8 Å². The summed E-state index contributed by atoms with van der Waals surface area (Å²) in [4.78, 5) is 16.7. The van der Waals surface area contributed by atoms with Gasteiger partial charge in [0.25, 0.3) is 0 Å². The van der Waals surface area contributed by atoms with Crippen LogP contribution in [0.15, 0.2) is 30.3 Å². The highest BCUT2D eigenvalue weighted by Gasteiger charge is 2.28. The second kappa shape index (κ2) is 9.07. The minimum atomic E-state index is -0.125. The Morgan fingerprint density at radius 1 is 1.00 bits per heavy atom. The van der Waals surface area contributed by atoms with Crippen molar-refractivity contribution in [1.29, 1.82) is 0 Å². The Morgan fingerprint density at radius 3 is 2.42 bits per heavy atom. The van der Waals surface area contributed by atoms with Gasteiger partial charge < -0.3 is 14.5 Å². The molecule has 0 aromatic heterocycles. The number of carbonyl (C=O) groups excluding carboxylic acids is 1. The minimum absolute atomic E-state index is 0.125. The van der Waals surface area contributed by atoms with Crippen LogP contribution in [0.5, 0.6) is 0 Å². The zero-order chi connectivity index (χ0) is 16.6. The highest BCUT2D eigenvalue weighted by molar-refractivity contribution is 5.67. The number of carbonyl (C=O) groups is 1. The first-order chi connectivity index (χ1) is 11.8. The summed E-state index contributed by atoms with van der Waals surface area (Å²) < 4.78 is 5.46. The molecule has 0 spiro atoms. The average molecular weight is 330 g/mol. The number of aryl methyl sites for hydroxylation is 1. The third-order valence-electron chi connectivity index (χ3n) is 5.31. The summed E-state index contributed by atoms with van der Waals surface area (Å²) in [5.41, 5.74) is 1.30. The van der Waals surface area contributed by atoms with Crippen molar-refractivity contribution in [3.8, 4) is 0 Å². The second-order valence-corrected chi connectivity index (χ2v) is 7.02. The molecule has 0 N–H and O–H groups in total. The van der Waals surface area contributed by atoms with Crippen LogP contribution in [-0.4, -0.2) is 54.7 Å². The van der Waals surface area contributed by atoms with Crippen LogP contribution < -0.4 is 0 Å². The van der Waals surface area contributed by atoms with E-state index in [-0.39, 0.29) is 6.09 Å². The van der Waals surface area contributed by atoms with E-state index in [4.69, 9.17) is 4.74 Å². The third-order valence-corrected chi connectivity index (χ3v) is 5.31. The van der Waals surface area contributed by atoms with E-state index in [1.165, 1.54) is 37.9 Å². The molecule has 4 heteroatoms. The lowest BCUT2D eigenvalue weighted by Gasteiger charge is -2.39. The molecule has 132 valence electrons. The Kier molecular flexibility index (Phi) is 6.53. The number of likely N-dealkylation sites (tertiary alicyclic amines) is 2. The third kappa shape index (κ3) is 4.97. The van der Waals surface area contributed by atoms with E-state index in [2.05, 4.69) is 17.0 Å². The van der Waals surface area contributed by atoms with Crippen molar-refractivity contribution in [3.05, 3.63) is 35.9 Å². The molecular weight excluding hydrogens is 300 g/mol. The van der Waals surface area contributed by atoms with Gasteiger partial charge in [0.1, 0.15) is 0 Å². The van der Waals surface area contributed by atoms with Gasteiger partial charge in [-0.05, 0) is 57.2 Å². The van der Waals surface area contributed by atoms with Crippen molar-refractivity contribution >= 4 is 6.09 Å². The Bertz CT molecular complexity index is 492. The number of ether oxygens (including phenoxy) is 1. The zero-order valence-electron chi connectivity index (χ0n) is 14.7. The minimum Gasteiger partial charge on any atom is -0.449 e. The number of hydrogen-bond donors (Lipinski definition) is 0. The fraction of sp³-hybridized carbons (Fsp3) is 0.650. The second-order valence-electron chi connectivity index (χ2n) is 7.02. The molecule has 24 heavy (non-hydrogen) atoms. The normalized spacial score (nSPS) is 20.1. The van der Waals surface area contributed by atoms with Gasteiger partial charge in [0.15, 0.2) is 0 Å². The summed E-state index contributed by atoms with van der Waals surface area (Å²) >= 11 is 0. The van der Waals surface area contributed by atoms with Gasteiger partial charge in [-0.15, -0.1) is 0 Å². The molecule has 0 bridgehead atoms. The van der Waals surface area contributed by atoms with Crippen LogP contribution in [0.3, 0.4) is 0 Å². The first kappa shape index (κ1) is 17.3. The lowest BCUT2D eigenvalue weighted by molar-refractivity contribution is 0.0657. The van der Waals surface area contributed by atoms with Gasteiger partial charge in [0.2, 0.25) is 0 Å². The summed E-state index contributed by atoms with van der Waals surface area (Å²) in [6.45, 7) is 4.69. The lowest BCUT2D eigenvalue weighted by Crippen LogP contribution is -2.48. The molecule has 0 saturated carbocycles. The highest BCUT2D eigenvalue weighted by Crippen LogP contribution is 2.21. The van der Waals surface area contributed by atoms with Crippen LogP contribution in [-0.2, 0) is 11.2 Å². The van der Waals surface area contributed by atoms with Crippen LogP contribution in [0.25, 0.3) is 0 Å². The fourth-order valence-corrected chi connectivity index (χ4v) is 3.87. The molecule has 0 radical (unpaired) electrons. The van der Waals surface area contributed by atoms with Crippen molar-refractivity contribution in [3.63, 3.8) is 0 Å². The number of nitrogens with zero attached hydrogens (tertiary/aromatic N) is 2. The number of hydrogen-bond acceptors (Lipinski definition) is 3. The molecule has 4 nitrogen and oxygen atoms in total. The average Bonchev–Trinajstić information content (AvgIpc) is 2.67. The van der Waals surface area contributed by atoms with Crippen molar-refractivity contribution in [2.24, 2.45) is 0 Å². The largest absolute Gasteiger partial charge is 0.449 e. The van der Waals surface area contributed by atoms with E-state index in [9.17, 15) is 4.79 Å². The quantitative estimate of drug-likeness (QED) is 0.772. The highest BCUT2D eigenvalue weighted by atomic mass is 16.6.